The molecule has 0 radical (unpaired) electrons. The Bertz CT molecular complexity index is 744. The number of nitrogens with zero attached hydrogens (tertiary/aromatic N) is 2. The molecular formula is C16H13ClN2O. The van der Waals surface area contributed by atoms with Crippen molar-refractivity contribution in [3.8, 4) is 5.88 Å². The number of hydrogen-bond acceptors (Lipinski definition) is 3. The minimum Gasteiger partial charge on any atom is -0.472 e. The molecule has 0 amide bonds. The molecule has 0 aliphatic carbocycles. The van der Waals surface area contributed by atoms with Gasteiger partial charge in [-0.25, -0.2) is 9.97 Å². The standard InChI is InChI=1S/C16H13ClN2O/c1-11-8-19-16(14-9-18-15(17)7-13(11)14)20-10-12-5-3-2-4-6-12/h2-9H,10H2,1H3. The molecule has 0 aliphatic rings. The Hall–Kier alpha value is -2.13. The zero-order chi connectivity index (χ0) is 13.9. The largest absolute Gasteiger partial charge is 0.472 e. The molecule has 0 bridgehead atoms. The van der Waals surface area contributed by atoms with Gasteiger partial charge in [-0.05, 0) is 29.5 Å². The third kappa shape index (κ3) is 2.58. The van der Waals surface area contributed by atoms with Crippen LogP contribution in [-0.4, -0.2) is 9.97 Å². The highest BCUT2D eigenvalue weighted by molar-refractivity contribution is 6.30. The quantitative estimate of drug-likeness (QED) is 0.677. The summed E-state index contributed by atoms with van der Waals surface area (Å²) in [4.78, 5) is 8.46. The van der Waals surface area contributed by atoms with Crippen LogP contribution in [0.25, 0.3) is 10.8 Å². The fourth-order valence-corrected chi connectivity index (χ4v) is 2.22. The Labute approximate surface area is 122 Å². The molecule has 0 spiro atoms. The van der Waals surface area contributed by atoms with Gasteiger partial charge in [-0.1, -0.05) is 41.9 Å². The first-order chi connectivity index (χ1) is 9.74. The van der Waals surface area contributed by atoms with Crippen molar-refractivity contribution in [1.29, 1.82) is 0 Å². The van der Waals surface area contributed by atoms with E-state index < -0.39 is 0 Å². The summed E-state index contributed by atoms with van der Waals surface area (Å²) in [5, 5.41) is 2.37. The van der Waals surface area contributed by atoms with Crippen LogP contribution in [0.1, 0.15) is 11.1 Å². The molecule has 0 unspecified atom stereocenters. The third-order valence-electron chi connectivity index (χ3n) is 3.12. The van der Waals surface area contributed by atoms with Crippen LogP contribution in [0, 0.1) is 6.92 Å². The van der Waals surface area contributed by atoms with Crippen molar-refractivity contribution in [3.63, 3.8) is 0 Å². The maximum Gasteiger partial charge on any atom is 0.223 e. The predicted molar refractivity (Wildman–Crippen MR) is 80.1 cm³/mol. The molecule has 20 heavy (non-hydrogen) atoms. The van der Waals surface area contributed by atoms with Crippen LogP contribution in [0.5, 0.6) is 5.88 Å². The van der Waals surface area contributed by atoms with Crippen LogP contribution in [0.2, 0.25) is 5.15 Å². The molecule has 2 heterocycles. The summed E-state index contributed by atoms with van der Waals surface area (Å²) in [6, 6.07) is 11.8. The van der Waals surface area contributed by atoms with Crippen LogP contribution >= 0.6 is 11.6 Å². The number of halogens is 1. The maximum absolute atomic E-state index is 5.94. The van der Waals surface area contributed by atoms with Gasteiger partial charge in [0.1, 0.15) is 11.8 Å². The molecule has 0 saturated carbocycles. The maximum atomic E-state index is 5.94. The van der Waals surface area contributed by atoms with Gasteiger partial charge < -0.3 is 4.74 Å². The van der Waals surface area contributed by atoms with Crippen LogP contribution in [0.4, 0.5) is 0 Å². The molecule has 3 aromatic rings. The number of fused-ring (bicyclic) bond motifs is 1. The van der Waals surface area contributed by atoms with Crippen LogP contribution in [0.15, 0.2) is 48.8 Å². The van der Waals surface area contributed by atoms with Gasteiger partial charge in [0.25, 0.3) is 0 Å². The van der Waals surface area contributed by atoms with E-state index in [4.69, 9.17) is 16.3 Å². The van der Waals surface area contributed by atoms with Crippen molar-refractivity contribution in [2.45, 2.75) is 13.5 Å². The van der Waals surface area contributed by atoms with Crippen LogP contribution in [-0.2, 0) is 6.61 Å². The van der Waals surface area contributed by atoms with E-state index in [-0.39, 0.29) is 0 Å². The SMILES string of the molecule is Cc1cnc(OCc2ccccc2)c2cnc(Cl)cc12. The van der Waals surface area contributed by atoms with Gasteiger partial charge in [0.15, 0.2) is 0 Å². The van der Waals surface area contributed by atoms with Crippen molar-refractivity contribution in [3.05, 3.63) is 65.1 Å². The summed E-state index contributed by atoms with van der Waals surface area (Å²) in [7, 11) is 0. The zero-order valence-electron chi connectivity index (χ0n) is 11.0. The fraction of sp³-hybridized carbons (Fsp3) is 0.125. The summed E-state index contributed by atoms with van der Waals surface area (Å²) in [6.07, 6.45) is 3.50. The zero-order valence-corrected chi connectivity index (χ0v) is 11.8. The lowest BCUT2D eigenvalue weighted by atomic mass is 10.1. The first kappa shape index (κ1) is 12.9. The highest BCUT2D eigenvalue weighted by Crippen LogP contribution is 2.27. The van der Waals surface area contributed by atoms with E-state index in [2.05, 4.69) is 9.97 Å². The lowest BCUT2D eigenvalue weighted by molar-refractivity contribution is 0.298. The number of benzene rings is 1. The Morgan fingerprint density at radius 2 is 1.85 bits per heavy atom. The van der Waals surface area contributed by atoms with Crippen molar-refractivity contribution >= 4 is 22.4 Å². The van der Waals surface area contributed by atoms with Gasteiger partial charge in [-0.3, -0.25) is 0 Å². The second-order valence-corrected chi connectivity index (χ2v) is 4.96. The van der Waals surface area contributed by atoms with Gasteiger partial charge in [0.05, 0.1) is 5.39 Å². The first-order valence-corrected chi connectivity index (χ1v) is 6.69. The van der Waals surface area contributed by atoms with Gasteiger partial charge in [0.2, 0.25) is 5.88 Å². The average Bonchev–Trinajstić information content (AvgIpc) is 2.48. The van der Waals surface area contributed by atoms with Crippen molar-refractivity contribution < 1.29 is 4.74 Å². The second-order valence-electron chi connectivity index (χ2n) is 4.57. The molecule has 3 nitrogen and oxygen atoms in total. The van der Waals surface area contributed by atoms with E-state index in [9.17, 15) is 0 Å². The van der Waals surface area contributed by atoms with Crippen molar-refractivity contribution in [2.75, 3.05) is 0 Å². The molecule has 100 valence electrons. The highest BCUT2D eigenvalue weighted by Gasteiger charge is 2.08. The number of hydrogen-bond donors (Lipinski definition) is 0. The van der Waals surface area contributed by atoms with Gasteiger partial charge >= 0.3 is 0 Å². The number of aryl methyl sites for hydroxylation is 1. The molecule has 0 fully saturated rings. The summed E-state index contributed by atoms with van der Waals surface area (Å²) in [5.41, 5.74) is 2.15. The van der Waals surface area contributed by atoms with Crippen LogP contribution in [0.3, 0.4) is 0 Å². The highest BCUT2D eigenvalue weighted by atomic mass is 35.5. The van der Waals surface area contributed by atoms with E-state index >= 15 is 0 Å². The lowest BCUT2D eigenvalue weighted by Crippen LogP contribution is -1.98. The molecule has 0 N–H and O–H groups in total. The van der Waals surface area contributed by atoms with E-state index in [0.29, 0.717) is 17.6 Å². The number of ether oxygens (including phenoxy) is 1. The van der Waals surface area contributed by atoms with Gasteiger partial charge in [-0.15, -0.1) is 0 Å². The van der Waals surface area contributed by atoms with Crippen LogP contribution < -0.4 is 4.74 Å². The molecule has 4 heteroatoms. The van der Waals surface area contributed by atoms with E-state index in [0.717, 1.165) is 21.9 Å². The van der Waals surface area contributed by atoms with E-state index in [1.54, 1.807) is 12.4 Å². The Balaban J connectivity index is 1.94. The first-order valence-electron chi connectivity index (χ1n) is 6.31. The fourth-order valence-electron chi connectivity index (χ4n) is 2.06. The molecule has 0 saturated heterocycles. The number of pyridine rings is 2. The van der Waals surface area contributed by atoms with E-state index in [1.807, 2.05) is 43.3 Å². The molecule has 1 aromatic carbocycles. The summed E-state index contributed by atoms with van der Waals surface area (Å²) in [6.45, 7) is 2.47. The number of rotatable bonds is 3. The van der Waals surface area contributed by atoms with E-state index in [1.165, 1.54) is 0 Å². The minimum absolute atomic E-state index is 0.473. The predicted octanol–water partition coefficient (Wildman–Crippen LogP) is 4.17. The Kier molecular flexibility index (Phi) is 3.52. The van der Waals surface area contributed by atoms with Gasteiger partial charge in [0, 0.05) is 12.4 Å². The minimum atomic E-state index is 0.473. The molecule has 0 aliphatic heterocycles. The smallest absolute Gasteiger partial charge is 0.223 e. The summed E-state index contributed by atoms with van der Waals surface area (Å²) in [5.74, 6) is 0.582. The van der Waals surface area contributed by atoms with Gasteiger partial charge in [-0.2, -0.15) is 0 Å². The molecular weight excluding hydrogens is 272 g/mol. The molecule has 2 aromatic heterocycles. The monoisotopic (exact) mass is 284 g/mol. The Morgan fingerprint density at radius 1 is 1.05 bits per heavy atom. The van der Waals surface area contributed by atoms with Crippen molar-refractivity contribution in [2.24, 2.45) is 0 Å². The topological polar surface area (TPSA) is 35.0 Å². The molecule has 3 rings (SSSR count). The average molecular weight is 285 g/mol. The second kappa shape index (κ2) is 5.47. The normalized spacial score (nSPS) is 10.7. The summed E-state index contributed by atoms with van der Waals surface area (Å²) >= 11 is 5.94. The Morgan fingerprint density at radius 3 is 2.65 bits per heavy atom. The summed E-state index contributed by atoms with van der Waals surface area (Å²) < 4.78 is 5.81. The lowest BCUT2D eigenvalue weighted by Gasteiger charge is -2.09. The number of aromatic nitrogens is 2. The molecule has 0 atom stereocenters. The van der Waals surface area contributed by atoms with Crippen molar-refractivity contribution in [1.82, 2.24) is 9.97 Å². The third-order valence-corrected chi connectivity index (χ3v) is 3.33.